The Bertz CT molecular complexity index is 589. The Kier molecular flexibility index (Phi) is 3.43. The third-order valence-corrected chi connectivity index (χ3v) is 3.65. The van der Waals surface area contributed by atoms with E-state index >= 15 is 0 Å². The molecule has 0 spiro atoms. The molecule has 96 valence electrons. The fraction of sp³-hybridized carbons (Fsp3) is 0.235. The summed E-state index contributed by atoms with van der Waals surface area (Å²) in [6.07, 6.45) is 2.06. The number of benzene rings is 2. The van der Waals surface area contributed by atoms with Crippen LogP contribution in [0.25, 0.3) is 0 Å². The van der Waals surface area contributed by atoms with Crippen molar-refractivity contribution < 1.29 is 4.79 Å². The van der Waals surface area contributed by atoms with Gasteiger partial charge >= 0.3 is 0 Å². The van der Waals surface area contributed by atoms with Gasteiger partial charge in [-0.15, -0.1) is 0 Å². The van der Waals surface area contributed by atoms with Crippen LogP contribution in [-0.2, 0) is 12.8 Å². The third-order valence-electron chi connectivity index (χ3n) is 3.65. The van der Waals surface area contributed by atoms with Crippen LogP contribution in [-0.4, -0.2) is 18.9 Å². The van der Waals surface area contributed by atoms with E-state index in [1.165, 1.54) is 11.1 Å². The minimum absolute atomic E-state index is 0.112. The average Bonchev–Trinajstić information content (AvgIpc) is 2.72. The van der Waals surface area contributed by atoms with E-state index in [2.05, 4.69) is 17.4 Å². The van der Waals surface area contributed by atoms with Crippen LogP contribution >= 0.6 is 0 Å². The summed E-state index contributed by atoms with van der Waals surface area (Å²) in [6.45, 7) is 2.02. The Morgan fingerprint density at radius 3 is 2.37 bits per heavy atom. The highest BCUT2D eigenvalue weighted by molar-refractivity contribution is 6.09. The normalized spacial score (nSPS) is 14.5. The summed E-state index contributed by atoms with van der Waals surface area (Å²) < 4.78 is 0. The van der Waals surface area contributed by atoms with E-state index in [1.54, 1.807) is 0 Å². The van der Waals surface area contributed by atoms with Crippen LogP contribution in [0.4, 0.5) is 0 Å². The van der Waals surface area contributed by atoms with E-state index in [9.17, 15) is 4.79 Å². The molecule has 2 nitrogen and oxygen atoms in total. The Balaban J connectivity index is 1.94. The van der Waals surface area contributed by atoms with Gasteiger partial charge in [-0.2, -0.15) is 0 Å². The standard InChI is InChI=1S/C17H17NO/c19-17(14-4-2-1-3-5-14)16-7-6-13-8-10-18-11-9-15(13)12-16/h1-7,12,18H,8-11H2. The maximum Gasteiger partial charge on any atom is 0.193 e. The fourth-order valence-corrected chi connectivity index (χ4v) is 2.57. The molecule has 0 aliphatic carbocycles. The zero-order chi connectivity index (χ0) is 13.1. The van der Waals surface area contributed by atoms with Crippen molar-refractivity contribution in [3.63, 3.8) is 0 Å². The molecule has 1 aliphatic heterocycles. The number of nitrogens with one attached hydrogen (secondary N) is 1. The average molecular weight is 251 g/mol. The predicted molar refractivity (Wildman–Crippen MR) is 76.6 cm³/mol. The fourth-order valence-electron chi connectivity index (χ4n) is 2.57. The summed E-state index contributed by atoms with van der Waals surface area (Å²) in [5.74, 6) is 0.112. The second-order valence-electron chi connectivity index (χ2n) is 4.93. The maximum atomic E-state index is 12.4. The van der Waals surface area contributed by atoms with Crippen LogP contribution in [0, 0.1) is 0 Å². The van der Waals surface area contributed by atoms with Crippen molar-refractivity contribution in [2.24, 2.45) is 0 Å². The van der Waals surface area contributed by atoms with E-state index < -0.39 is 0 Å². The zero-order valence-corrected chi connectivity index (χ0v) is 10.9. The molecule has 0 amide bonds. The van der Waals surface area contributed by atoms with Crippen molar-refractivity contribution in [1.82, 2.24) is 5.32 Å². The summed E-state index contributed by atoms with van der Waals surface area (Å²) in [6, 6.07) is 15.6. The van der Waals surface area contributed by atoms with E-state index in [4.69, 9.17) is 0 Å². The molecule has 0 fully saturated rings. The van der Waals surface area contributed by atoms with Crippen LogP contribution in [0.2, 0.25) is 0 Å². The molecule has 2 aromatic rings. The topological polar surface area (TPSA) is 29.1 Å². The highest BCUT2D eigenvalue weighted by atomic mass is 16.1. The van der Waals surface area contributed by atoms with E-state index in [0.717, 1.165) is 37.1 Å². The van der Waals surface area contributed by atoms with Gasteiger partial charge in [0.2, 0.25) is 0 Å². The van der Waals surface area contributed by atoms with E-state index in [1.807, 2.05) is 36.4 Å². The first kappa shape index (κ1) is 12.1. The lowest BCUT2D eigenvalue weighted by Crippen LogP contribution is -2.16. The van der Waals surface area contributed by atoms with Crippen molar-refractivity contribution in [2.75, 3.05) is 13.1 Å². The first-order valence-corrected chi connectivity index (χ1v) is 6.77. The van der Waals surface area contributed by atoms with Crippen molar-refractivity contribution in [3.05, 3.63) is 70.8 Å². The SMILES string of the molecule is O=C(c1ccccc1)c1ccc2c(c1)CCNCC2. The largest absolute Gasteiger partial charge is 0.316 e. The molecule has 0 radical (unpaired) electrons. The van der Waals surface area contributed by atoms with Gasteiger partial charge in [0.05, 0.1) is 0 Å². The van der Waals surface area contributed by atoms with Gasteiger partial charge in [-0.3, -0.25) is 4.79 Å². The second kappa shape index (κ2) is 5.37. The lowest BCUT2D eigenvalue weighted by Gasteiger charge is -2.08. The van der Waals surface area contributed by atoms with Gasteiger partial charge in [0.25, 0.3) is 0 Å². The van der Waals surface area contributed by atoms with Crippen molar-refractivity contribution in [2.45, 2.75) is 12.8 Å². The third kappa shape index (κ3) is 2.59. The minimum atomic E-state index is 0.112. The molecule has 1 N–H and O–H groups in total. The number of ketones is 1. The molecule has 1 heterocycles. The molecule has 0 saturated heterocycles. The van der Waals surface area contributed by atoms with Gasteiger partial charge in [0.1, 0.15) is 0 Å². The Labute approximate surface area is 113 Å². The van der Waals surface area contributed by atoms with Gasteiger partial charge < -0.3 is 5.32 Å². The highest BCUT2D eigenvalue weighted by Gasteiger charge is 2.12. The van der Waals surface area contributed by atoms with E-state index in [0.29, 0.717) is 0 Å². The highest BCUT2D eigenvalue weighted by Crippen LogP contribution is 2.18. The van der Waals surface area contributed by atoms with E-state index in [-0.39, 0.29) is 5.78 Å². The van der Waals surface area contributed by atoms with Gasteiger partial charge in [-0.25, -0.2) is 0 Å². The van der Waals surface area contributed by atoms with Crippen LogP contribution < -0.4 is 5.32 Å². The molecule has 19 heavy (non-hydrogen) atoms. The Morgan fingerprint density at radius 1 is 0.842 bits per heavy atom. The number of rotatable bonds is 2. The molecule has 2 aromatic carbocycles. The number of hydrogen-bond acceptors (Lipinski definition) is 2. The molecule has 0 bridgehead atoms. The Morgan fingerprint density at radius 2 is 1.58 bits per heavy atom. The summed E-state index contributed by atoms with van der Waals surface area (Å²) >= 11 is 0. The predicted octanol–water partition coefficient (Wildman–Crippen LogP) is 2.61. The van der Waals surface area contributed by atoms with Gasteiger partial charge in [-0.05, 0) is 43.1 Å². The molecule has 3 rings (SSSR count). The summed E-state index contributed by atoms with van der Waals surface area (Å²) in [7, 11) is 0. The summed E-state index contributed by atoms with van der Waals surface area (Å²) in [5, 5.41) is 3.39. The molecular formula is C17H17NO. The smallest absolute Gasteiger partial charge is 0.193 e. The minimum Gasteiger partial charge on any atom is -0.316 e. The first-order chi connectivity index (χ1) is 9.34. The molecule has 2 heteroatoms. The molecule has 0 atom stereocenters. The molecule has 0 aromatic heterocycles. The number of hydrogen-bond donors (Lipinski definition) is 1. The first-order valence-electron chi connectivity index (χ1n) is 6.77. The second-order valence-corrected chi connectivity index (χ2v) is 4.93. The number of fused-ring (bicyclic) bond motifs is 1. The van der Waals surface area contributed by atoms with Crippen molar-refractivity contribution >= 4 is 5.78 Å². The summed E-state index contributed by atoms with van der Waals surface area (Å²) in [5.41, 5.74) is 4.24. The summed E-state index contributed by atoms with van der Waals surface area (Å²) in [4.78, 5) is 12.4. The Hall–Kier alpha value is -1.93. The molecular weight excluding hydrogens is 234 g/mol. The molecule has 1 aliphatic rings. The lowest BCUT2D eigenvalue weighted by atomic mass is 9.96. The number of carbonyl (C=O) groups is 1. The monoisotopic (exact) mass is 251 g/mol. The van der Waals surface area contributed by atoms with Crippen LogP contribution in [0.3, 0.4) is 0 Å². The maximum absolute atomic E-state index is 12.4. The van der Waals surface area contributed by atoms with Crippen LogP contribution in [0.1, 0.15) is 27.0 Å². The van der Waals surface area contributed by atoms with Crippen molar-refractivity contribution in [1.29, 1.82) is 0 Å². The van der Waals surface area contributed by atoms with Gasteiger partial charge in [0.15, 0.2) is 5.78 Å². The zero-order valence-electron chi connectivity index (χ0n) is 10.9. The lowest BCUT2D eigenvalue weighted by molar-refractivity contribution is 0.103. The quantitative estimate of drug-likeness (QED) is 0.831. The van der Waals surface area contributed by atoms with Crippen LogP contribution in [0.5, 0.6) is 0 Å². The van der Waals surface area contributed by atoms with Gasteiger partial charge in [-0.1, -0.05) is 42.5 Å². The molecule has 0 unspecified atom stereocenters. The molecule has 0 saturated carbocycles. The van der Waals surface area contributed by atoms with Crippen LogP contribution in [0.15, 0.2) is 48.5 Å². The van der Waals surface area contributed by atoms with Crippen molar-refractivity contribution in [3.8, 4) is 0 Å². The van der Waals surface area contributed by atoms with Gasteiger partial charge in [0, 0.05) is 11.1 Å². The number of carbonyl (C=O) groups excluding carboxylic acids is 1.